The van der Waals surface area contributed by atoms with Crippen molar-refractivity contribution in [3.8, 4) is 17.0 Å². The highest BCUT2D eigenvalue weighted by atomic mass is 32.1. The number of nitrogens with one attached hydrogen (secondary N) is 1. The normalized spacial score (nSPS) is 14.3. The maximum atomic E-state index is 13.0. The number of hydrogen-bond donors (Lipinski definition) is 2. The van der Waals surface area contributed by atoms with Crippen molar-refractivity contribution < 1.29 is 27.5 Å². The summed E-state index contributed by atoms with van der Waals surface area (Å²) in [7, 11) is 0. The van der Waals surface area contributed by atoms with Crippen LogP contribution in [0.15, 0.2) is 59.8 Å². The van der Waals surface area contributed by atoms with Gasteiger partial charge in [0.2, 0.25) is 11.8 Å². The van der Waals surface area contributed by atoms with Crippen LogP contribution in [-0.2, 0) is 24.1 Å². The molecular formula is C28H23F3N6O4S. The Hall–Kier alpha value is -4.85. The van der Waals surface area contributed by atoms with E-state index in [1.165, 1.54) is 29.5 Å². The van der Waals surface area contributed by atoms with Crippen LogP contribution in [0.4, 0.5) is 18.3 Å². The van der Waals surface area contributed by atoms with Gasteiger partial charge in [-0.2, -0.15) is 18.3 Å². The quantitative estimate of drug-likeness (QED) is 0.282. The number of amides is 2. The minimum Gasteiger partial charge on any atom is -0.473 e. The van der Waals surface area contributed by atoms with Crippen molar-refractivity contribution in [1.82, 2.24) is 20.1 Å². The first-order valence-corrected chi connectivity index (χ1v) is 13.5. The topological polar surface area (TPSA) is 142 Å². The third kappa shape index (κ3) is 6.54. The number of aromatic nitrogens is 3. The molecule has 0 radical (unpaired) electrons. The van der Waals surface area contributed by atoms with E-state index in [9.17, 15) is 27.7 Å². The zero-order chi connectivity index (χ0) is 29.9. The van der Waals surface area contributed by atoms with E-state index in [1.807, 2.05) is 12.2 Å². The lowest BCUT2D eigenvalue weighted by atomic mass is 9.99. The first-order chi connectivity index (χ1) is 20.1. The van der Waals surface area contributed by atoms with Gasteiger partial charge < -0.3 is 15.8 Å². The molecule has 2 amide bonds. The Labute approximate surface area is 240 Å². The number of nitrogens with zero attached hydrogens (tertiary/aromatic N) is 4. The third-order valence-electron chi connectivity index (χ3n) is 6.51. The molecule has 1 atom stereocenters. The number of nitrogens with two attached hydrogens (primary N) is 1. The van der Waals surface area contributed by atoms with Crippen LogP contribution >= 0.6 is 11.3 Å². The second-order valence-electron chi connectivity index (χ2n) is 9.42. The fraction of sp³-hybridized carbons (Fsp3) is 0.214. The van der Waals surface area contributed by atoms with Gasteiger partial charge in [-0.1, -0.05) is 59.9 Å². The maximum absolute atomic E-state index is 13.0. The smallest absolute Gasteiger partial charge is 0.416 e. The molecule has 2 heterocycles. The van der Waals surface area contributed by atoms with Gasteiger partial charge in [-0.25, -0.2) is 9.67 Å². The lowest BCUT2D eigenvalue weighted by Crippen LogP contribution is -2.35. The maximum Gasteiger partial charge on any atom is 0.416 e. The Morgan fingerprint density at radius 3 is 2.67 bits per heavy atom. The van der Waals surface area contributed by atoms with E-state index in [0.29, 0.717) is 34.8 Å². The van der Waals surface area contributed by atoms with Crippen LogP contribution in [-0.4, -0.2) is 33.1 Å². The van der Waals surface area contributed by atoms with E-state index in [-0.39, 0.29) is 30.6 Å². The highest BCUT2D eigenvalue weighted by Crippen LogP contribution is 2.32. The molecule has 216 valence electrons. The summed E-state index contributed by atoms with van der Waals surface area (Å²) < 4.78 is 47.0. The SMILES string of the molecule is Nc1nc2c(s1)=CC(CNC(=O)Cn1nc(C(=O)N=O)cc1OCc1ccccc1-c1ccc(C(F)(F)F)cc1)CC=2. The predicted octanol–water partition coefficient (Wildman–Crippen LogP) is 3.49. The standard InChI is InChI=1S/C28H23F3N6O4S/c29-28(30,31)19-8-6-17(7-9-19)20-4-2-1-3-18(20)15-41-25-12-22(26(39)36-40)35-37(25)14-24(38)33-13-16-5-10-21-23(11-16)42-27(32)34-21/h1-4,6-12,16H,5,13-15H2,(H2,32,34)(H,33,38). The molecule has 42 heavy (non-hydrogen) atoms. The van der Waals surface area contributed by atoms with Crippen LogP contribution in [0.5, 0.6) is 5.88 Å². The summed E-state index contributed by atoms with van der Waals surface area (Å²) in [4.78, 5) is 39.8. The minimum atomic E-state index is -4.45. The average molecular weight is 597 g/mol. The molecule has 4 aromatic rings. The number of thiazole rings is 1. The minimum absolute atomic E-state index is 0.0294. The molecule has 14 heteroatoms. The number of nitrogen functional groups attached to an aromatic ring is 1. The lowest BCUT2D eigenvalue weighted by molar-refractivity contribution is -0.137. The number of anilines is 1. The Balaban J connectivity index is 1.29. The zero-order valence-electron chi connectivity index (χ0n) is 21.8. The fourth-order valence-corrected chi connectivity index (χ4v) is 5.31. The van der Waals surface area contributed by atoms with Gasteiger partial charge in [0.25, 0.3) is 0 Å². The molecule has 0 fully saturated rings. The van der Waals surface area contributed by atoms with Gasteiger partial charge in [0, 0.05) is 17.8 Å². The number of hydrogen-bond acceptors (Lipinski definition) is 8. The van der Waals surface area contributed by atoms with Gasteiger partial charge in [0.15, 0.2) is 10.8 Å². The number of carbonyl (C=O) groups is 2. The molecule has 1 aliphatic carbocycles. The summed E-state index contributed by atoms with van der Waals surface area (Å²) in [5.74, 6) is -1.47. The largest absolute Gasteiger partial charge is 0.473 e. The fourth-order valence-electron chi connectivity index (χ4n) is 4.45. The Morgan fingerprint density at radius 1 is 1.17 bits per heavy atom. The van der Waals surface area contributed by atoms with Crippen LogP contribution in [0, 0.1) is 10.8 Å². The number of carbonyl (C=O) groups excluding carboxylic acids is 2. The van der Waals surface area contributed by atoms with E-state index in [1.54, 1.807) is 24.3 Å². The molecule has 2 aromatic carbocycles. The van der Waals surface area contributed by atoms with E-state index < -0.39 is 23.6 Å². The summed E-state index contributed by atoms with van der Waals surface area (Å²) in [5.41, 5.74) is 6.51. The number of nitroso groups, excluding NO2 is 1. The molecular weight excluding hydrogens is 573 g/mol. The van der Waals surface area contributed by atoms with Gasteiger partial charge in [-0.05, 0) is 41.2 Å². The molecule has 1 unspecified atom stereocenters. The van der Waals surface area contributed by atoms with Crippen LogP contribution in [0.2, 0.25) is 0 Å². The van der Waals surface area contributed by atoms with Crippen molar-refractivity contribution in [2.45, 2.75) is 25.7 Å². The van der Waals surface area contributed by atoms with Gasteiger partial charge in [0.05, 0.1) is 15.4 Å². The van der Waals surface area contributed by atoms with Crippen molar-refractivity contribution >= 4 is 40.4 Å². The molecule has 1 aliphatic rings. The summed E-state index contributed by atoms with van der Waals surface area (Å²) >= 11 is 1.37. The first-order valence-electron chi connectivity index (χ1n) is 12.7. The first kappa shape index (κ1) is 28.7. The second kappa shape index (κ2) is 11.9. The molecule has 0 saturated carbocycles. The second-order valence-corrected chi connectivity index (χ2v) is 10.5. The van der Waals surface area contributed by atoms with E-state index in [0.717, 1.165) is 26.7 Å². The van der Waals surface area contributed by atoms with Crippen LogP contribution < -0.4 is 25.7 Å². The Bertz CT molecular complexity index is 1770. The molecule has 0 bridgehead atoms. The number of alkyl halides is 3. The van der Waals surface area contributed by atoms with Gasteiger partial charge in [0.1, 0.15) is 13.2 Å². The number of benzene rings is 2. The summed E-state index contributed by atoms with van der Waals surface area (Å²) in [5, 5.41) is 10.5. The molecule has 0 aliphatic heterocycles. The third-order valence-corrected chi connectivity index (χ3v) is 7.38. The molecule has 0 spiro atoms. The molecule has 5 rings (SSSR count). The summed E-state index contributed by atoms with van der Waals surface area (Å²) in [6.07, 6.45) is 0.191. The van der Waals surface area contributed by atoms with E-state index >= 15 is 0 Å². The lowest BCUT2D eigenvalue weighted by Gasteiger charge is -2.15. The van der Waals surface area contributed by atoms with Crippen molar-refractivity contribution in [3.05, 3.63) is 86.2 Å². The van der Waals surface area contributed by atoms with Gasteiger partial charge in [-0.3, -0.25) is 9.59 Å². The van der Waals surface area contributed by atoms with E-state index in [4.69, 9.17) is 10.5 Å². The zero-order valence-corrected chi connectivity index (χ0v) is 22.6. The van der Waals surface area contributed by atoms with Crippen molar-refractivity contribution in [3.63, 3.8) is 0 Å². The van der Waals surface area contributed by atoms with Crippen LogP contribution in [0.3, 0.4) is 0 Å². The van der Waals surface area contributed by atoms with E-state index in [2.05, 4.69) is 20.6 Å². The number of ether oxygens (including phenoxy) is 1. The van der Waals surface area contributed by atoms with Crippen LogP contribution in [0.1, 0.15) is 28.0 Å². The molecule has 3 N–H and O–H groups in total. The molecule has 2 aromatic heterocycles. The van der Waals surface area contributed by atoms with Crippen molar-refractivity contribution in [2.75, 3.05) is 12.3 Å². The molecule has 0 saturated heterocycles. The van der Waals surface area contributed by atoms with Gasteiger partial charge >= 0.3 is 12.1 Å². The monoisotopic (exact) mass is 596 g/mol. The molecule has 10 nitrogen and oxygen atoms in total. The Kier molecular flexibility index (Phi) is 8.15. The highest BCUT2D eigenvalue weighted by Gasteiger charge is 2.30. The van der Waals surface area contributed by atoms with Crippen molar-refractivity contribution in [2.24, 2.45) is 11.1 Å². The number of halogens is 3. The van der Waals surface area contributed by atoms with Gasteiger partial charge in [-0.15, -0.1) is 4.91 Å². The van der Waals surface area contributed by atoms with Crippen molar-refractivity contribution in [1.29, 1.82) is 0 Å². The predicted molar refractivity (Wildman–Crippen MR) is 149 cm³/mol. The summed E-state index contributed by atoms with van der Waals surface area (Å²) in [6.45, 7) is -0.0384. The van der Waals surface area contributed by atoms with Crippen LogP contribution in [0.25, 0.3) is 23.3 Å². The summed E-state index contributed by atoms with van der Waals surface area (Å²) in [6, 6.07) is 12.9. The average Bonchev–Trinajstić information content (AvgIpc) is 3.56. The highest BCUT2D eigenvalue weighted by molar-refractivity contribution is 7.13. The Morgan fingerprint density at radius 2 is 1.93 bits per heavy atom. The number of rotatable bonds is 9. The number of fused-ring (bicyclic) bond motifs is 1.